The summed E-state index contributed by atoms with van der Waals surface area (Å²) in [7, 11) is 0. The quantitative estimate of drug-likeness (QED) is 0.693. The van der Waals surface area contributed by atoms with Crippen LogP contribution in [-0.4, -0.2) is 22.1 Å². The van der Waals surface area contributed by atoms with Crippen molar-refractivity contribution in [3.63, 3.8) is 0 Å². The van der Waals surface area contributed by atoms with E-state index in [-0.39, 0.29) is 22.7 Å². The van der Waals surface area contributed by atoms with Crippen LogP contribution < -0.4 is 0 Å². The topological polar surface area (TPSA) is 34.1 Å². The van der Waals surface area contributed by atoms with Crippen molar-refractivity contribution >= 4 is 23.3 Å². The zero-order chi connectivity index (χ0) is 11.1. The predicted octanol–water partition coefficient (Wildman–Crippen LogP) is 2.60. The lowest BCUT2D eigenvalue weighted by atomic mass is 9.97. The van der Waals surface area contributed by atoms with Gasteiger partial charge in [0.25, 0.3) is 0 Å². The van der Waals surface area contributed by atoms with Gasteiger partial charge in [-0.3, -0.25) is 9.59 Å². The van der Waals surface area contributed by atoms with Gasteiger partial charge in [0.15, 0.2) is 5.78 Å². The first kappa shape index (κ1) is 10.8. The van der Waals surface area contributed by atoms with E-state index in [1.165, 1.54) is 32.1 Å². The van der Waals surface area contributed by atoms with Gasteiger partial charge < -0.3 is 0 Å². The van der Waals surface area contributed by atoms with Crippen LogP contribution in [0.4, 0.5) is 0 Å². The SMILES string of the molecule is O=C1CC2CC1C(=O)C2SC1CCCCC1. The second-order valence-corrected chi connectivity index (χ2v) is 6.88. The van der Waals surface area contributed by atoms with Crippen molar-refractivity contribution < 1.29 is 9.59 Å². The van der Waals surface area contributed by atoms with Crippen LogP contribution in [0, 0.1) is 11.8 Å². The normalized spacial score (nSPS) is 39.6. The third kappa shape index (κ3) is 1.73. The number of thioether (sulfide) groups is 1. The molecule has 3 fully saturated rings. The zero-order valence-corrected chi connectivity index (χ0v) is 10.3. The molecule has 3 aliphatic rings. The van der Waals surface area contributed by atoms with Gasteiger partial charge in [-0.05, 0) is 25.2 Å². The smallest absolute Gasteiger partial charge is 0.156 e. The van der Waals surface area contributed by atoms with Gasteiger partial charge in [-0.15, -0.1) is 11.8 Å². The van der Waals surface area contributed by atoms with Crippen LogP contribution in [0.25, 0.3) is 0 Å². The Bertz CT molecular complexity index is 320. The third-order valence-electron chi connectivity index (χ3n) is 4.33. The minimum absolute atomic E-state index is 0.172. The number of hydrogen-bond donors (Lipinski definition) is 0. The predicted molar refractivity (Wildman–Crippen MR) is 64.5 cm³/mol. The Morgan fingerprint density at radius 3 is 2.44 bits per heavy atom. The van der Waals surface area contributed by atoms with E-state index in [0.29, 0.717) is 17.6 Å². The first-order valence-corrected chi connectivity index (χ1v) is 7.42. The summed E-state index contributed by atoms with van der Waals surface area (Å²) >= 11 is 1.90. The van der Waals surface area contributed by atoms with Gasteiger partial charge >= 0.3 is 0 Å². The van der Waals surface area contributed by atoms with E-state index in [2.05, 4.69) is 0 Å². The fraction of sp³-hybridized carbons (Fsp3) is 0.846. The lowest BCUT2D eigenvalue weighted by Gasteiger charge is -2.27. The lowest BCUT2D eigenvalue weighted by molar-refractivity contribution is -0.131. The molecule has 2 nitrogen and oxygen atoms in total. The van der Waals surface area contributed by atoms with Crippen LogP contribution in [0.2, 0.25) is 0 Å². The molecule has 0 aliphatic heterocycles. The monoisotopic (exact) mass is 238 g/mol. The van der Waals surface area contributed by atoms with Crippen molar-refractivity contribution in [2.45, 2.75) is 55.4 Å². The summed E-state index contributed by atoms with van der Waals surface area (Å²) in [5.41, 5.74) is 0. The number of rotatable bonds is 2. The molecule has 88 valence electrons. The molecular weight excluding hydrogens is 220 g/mol. The number of carbonyl (C=O) groups excluding carboxylic acids is 2. The van der Waals surface area contributed by atoms with Crippen molar-refractivity contribution in [2.24, 2.45) is 11.8 Å². The maximum absolute atomic E-state index is 12.0. The van der Waals surface area contributed by atoms with Gasteiger partial charge in [0.1, 0.15) is 5.78 Å². The van der Waals surface area contributed by atoms with E-state index in [1.54, 1.807) is 0 Å². The Labute approximate surface area is 101 Å². The molecule has 0 radical (unpaired) electrons. The second kappa shape index (κ2) is 4.17. The standard InChI is InChI=1S/C13H18O2S/c14-11-7-8-6-10(11)12(15)13(8)16-9-4-2-1-3-5-9/h8-10,13H,1-7H2. The van der Waals surface area contributed by atoms with Gasteiger partial charge in [-0.1, -0.05) is 19.3 Å². The van der Waals surface area contributed by atoms with Gasteiger partial charge in [0.2, 0.25) is 0 Å². The first-order chi connectivity index (χ1) is 7.75. The van der Waals surface area contributed by atoms with Crippen LogP contribution in [0.1, 0.15) is 44.9 Å². The molecule has 0 aromatic rings. The van der Waals surface area contributed by atoms with Gasteiger partial charge in [-0.25, -0.2) is 0 Å². The molecule has 0 spiro atoms. The average molecular weight is 238 g/mol. The molecule has 3 aliphatic carbocycles. The van der Waals surface area contributed by atoms with Crippen LogP contribution in [0.3, 0.4) is 0 Å². The summed E-state index contributed by atoms with van der Waals surface area (Å²) in [6, 6.07) is 0. The van der Waals surface area contributed by atoms with Gasteiger partial charge in [-0.2, -0.15) is 0 Å². The maximum atomic E-state index is 12.0. The van der Waals surface area contributed by atoms with Crippen molar-refractivity contribution in [3.8, 4) is 0 Å². The van der Waals surface area contributed by atoms with Gasteiger partial charge in [0.05, 0.1) is 11.2 Å². The van der Waals surface area contributed by atoms with Crippen molar-refractivity contribution in [2.75, 3.05) is 0 Å². The summed E-state index contributed by atoms with van der Waals surface area (Å²) in [4.78, 5) is 23.5. The molecule has 3 saturated carbocycles. The highest BCUT2D eigenvalue weighted by Crippen LogP contribution is 2.47. The van der Waals surface area contributed by atoms with Crippen LogP contribution in [0.5, 0.6) is 0 Å². The molecule has 0 heterocycles. The Morgan fingerprint density at radius 2 is 1.81 bits per heavy atom. The molecule has 0 aromatic carbocycles. The number of hydrogen-bond acceptors (Lipinski definition) is 3. The maximum Gasteiger partial charge on any atom is 0.156 e. The largest absolute Gasteiger partial charge is 0.299 e. The highest BCUT2D eigenvalue weighted by molar-refractivity contribution is 8.01. The fourth-order valence-corrected chi connectivity index (χ4v) is 5.19. The van der Waals surface area contributed by atoms with Crippen molar-refractivity contribution in [1.29, 1.82) is 0 Å². The highest BCUT2D eigenvalue weighted by Gasteiger charge is 2.52. The first-order valence-electron chi connectivity index (χ1n) is 6.47. The van der Waals surface area contributed by atoms with E-state index >= 15 is 0 Å². The molecule has 3 unspecified atom stereocenters. The Balaban J connectivity index is 1.64. The molecule has 2 bridgehead atoms. The molecule has 3 atom stereocenters. The molecule has 0 N–H and O–H groups in total. The van der Waals surface area contributed by atoms with Crippen LogP contribution in [-0.2, 0) is 9.59 Å². The molecule has 0 amide bonds. The van der Waals surface area contributed by atoms with Crippen molar-refractivity contribution in [3.05, 3.63) is 0 Å². The second-order valence-electron chi connectivity index (χ2n) is 5.44. The molecular formula is C13H18O2S. The highest BCUT2D eigenvalue weighted by atomic mass is 32.2. The molecule has 0 saturated heterocycles. The zero-order valence-electron chi connectivity index (χ0n) is 9.48. The fourth-order valence-electron chi connectivity index (χ4n) is 3.44. The molecule has 0 aromatic heterocycles. The van der Waals surface area contributed by atoms with E-state index in [4.69, 9.17) is 0 Å². The van der Waals surface area contributed by atoms with Crippen LogP contribution >= 0.6 is 11.8 Å². The number of carbonyl (C=O) groups is 2. The number of fused-ring (bicyclic) bond motifs is 2. The number of Topliss-reactive ketones (excluding diaryl/α,β-unsaturated/α-hetero) is 2. The molecule has 3 rings (SSSR count). The summed E-state index contributed by atoms with van der Waals surface area (Å²) in [6.07, 6.45) is 8.11. The Morgan fingerprint density at radius 1 is 1.06 bits per heavy atom. The minimum Gasteiger partial charge on any atom is -0.299 e. The summed E-state index contributed by atoms with van der Waals surface area (Å²) in [5.74, 6) is 0.662. The third-order valence-corrected chi connectivity index (χ3v) is 6.10. The number of ketones is 2. The average Bonchev–Trinajstić information content (AvgIpc) is 2.80. The summed E-state index contributed by atoms with van der Waals surface area (Å²) < 4.78 is 0. The van der Waals surface area contributed by atoms with E-state index in [1.807, 2.05) is 11.8 Å². The Hall–Kier alpha value is -0.310. The lowest BCUT2D eigenvalue weighted by Crippen LogP contribution is -2.32. The van der Waals surface area contributed by atoms with Crippen molar-refractivity contribution in [1.82, 2.24) is 0 Å². The van der Waals surface area contributed by atoms with E-state index < -0.39 is 0 Å². The minimum atomic E-state index is -0.203. The van der Waals surface area contributed by atoms with E-state index in [9.17, 15) is 9.59 Å². The summed E-state index contributed by atoms with van der Waals surface area (Å²) in [5, 5.41) is 0.864. The van der Waals surface area contributed by atoms with Crippen LogP contribution in [0.15, 0.2) is 0 Å². The van der Waals surface area contributed by atoms with E-state index in [0.717, 1.165) is 6.42 Å². The summed E-state index contributed by atoms with van der Waals surface area (Å²) in [6.45, 7) is 0. The molecule has 3 heteroatoms. The molecule has 16 heavy (non-hydrogen) atoms. The Kier molecular flexibility index (Phi) is 2.82. The van der Waals surface area contributed by atoms with Gasteiger partial charge in [0, 0.05) is 11.7 Å².